The second kappa shape index (κ2) is 4.22. The molecule has 1 saturated carbocycles. The minimum atomic E-state index is -0.916. The number of Topliss-reactive ketones (excluding diaryl/α,β-unsaturated/α-hetero) is 2. The molecule has 0 aromatic carbocycles. The minimum absolute atomic E-state index is 0.00285. The Hall–Kier alpha value is -1.97. The molecular formula is C16H20N4O5. The number of amides is 1. The molecule has 0 aromatic heterocycles. The molecule has 9 heteroatoms. The van der Waals surface area contributed by atoms with Crippen LogP contribution in [-0.2, 0) is 19.1 Å². The Morgan fingerprint density at radius 1 is 1.44 bits per heavy atom. The van der Waals surface area contributed by atoms with E-state index < -0.39 is 29.1 Å². The van der Waals surface area contributed by atoms with Gasteiger partial charge in [0, 0.05) is 31.2 Å². The molecule has 0 aromatic rings. The summed E-state index contributed by atoms with van der Waals surface area (Å²) in [6.45, 7) is 2.23. The van der Waals surface area contributed by atoms with Gasteiger partial charge in [0.15, 0.2) is 11.6 Å². The van der Waals surface area contributed by atoms with Crippen LogP contribution in [0.15, 0.2) is 11.3 Å². The molecule has 2 aliphatic carbocycles. The Morgan fingerprint density at radius 2 is 2.16 bits per heavy atom. The van der Waals surface area contributed by atoms with Crippen LogP contribution in [0.3, 0.4) is 0 Å². The lowest BCUT2D eigenvalue weighted by molar-refractivity contribution is -0.140. The lowest BCUT2D eigenvalue weighted by Gasteiger charge is -2.43. The number of allylic oxidation sites excluding steroid dienone is 1. The lowest BCUT2D eigenvalue weighted by atomic mass is 9.71. The maximum absolute atomic E-state index is 13.2. The highest BCUT2D eigenvalue weighted by Crippen LogP contribution is 2.71. The first-order valence-corrected chi connectivity index (χ1v) is 8.39. The van der Waals surface area contributed by atoms with E-state index in [1.54, 1.807) is 14.0 Å². The Bertz CT molecular complexity index is 780. The first-order valence-electron chi connectivity index (χ1n) is 8.39. The molecule has 0 bridgehead atoms. The highest BCUT2D eigenvalue weighted by molar-refractivity contribution is 6.20. The normalized spacial score (nSPS) is 51.6. The molecule has 5 N–H and O–H groups in total. The number of nitrogens with two attached hydrogens (primary N) is 2. The number of rotatable bonds is 3. The number of carbonyl (C=O) groups is 3. The number of fused-ring (bicyclic) bond motifs is 2. The van der Waals surface area contributed by atoms with E-state index in [4.69, 9.17) is 20.9 Å². The number of ketones is 2. The average molecular weight is 348 g/mol. The Morgan fingerprint density at radius 3 is 2.80 bits per heavy atom. The first kappa shape index (κ1) is 15.3. The number of methoxy groups -OCH3 is 1. The van der Waals surface area contributed by atoms with Crippen molar-refractivity contribution in [1.82, 2.24) is 10.2 Å². The molecule has 5 rings (SSSR count). The smallest absolute Gasteiger partial charge is 0.404 e. The maximum atomic E-state index is 13.2. The van der Waals surface area contributed by atoms with Crippen LogP contribution < -0.4 is 16.8 Å². The highest BCUT2D eigenvalue weighted by atomic mass is 16.5. The van der Waals surface area contributed by atoms with Crippen molar-refractivity contribution in [3.05, 3.63) is 11.3 Å². The summed E-state index contributed by atoms with van der Waals surface area (Å²) in [5.74, 6) is -1.53. The van der Waals surface area contributed by atoms with Crippen LogP contribution in [0.25, 0.3) is 0 Å². The van der Waals surface area contributed by atoms with Crippen LogP contribution >= 0.6 is 0 Å². The fraction of sp³-hybridized carbons (Fsp3) is 0.688. The van der Waals surface area contributed by atoms with E-state index in [1.807, 2.05) is 0 Å². The Kier molecular flexibility index (Phi) is 2.58. The summed E-state index contributed by atoms with van der Waals surface area (Å²) in [6, 6.07) is 0.0126. The second-order valence-electron chi connectivity index (χ2n) is 7.64. The summed E-state index contributed by atoms with van der Waals surface area (Å²) in [5.41, 5.74) is 9.71. The molecular weight excluding hydrogens is 328 g/mol. The number of nitrogens with zero attached hydrogens (tertiary/aromatic N) is 1. The first-order chi connectivity index (χ1) is 11.8. The van der Waals surface area contributed by atoms with Gasteiger partial charge in [-0.15, -0.1) is 0 Å². The van der Waals surface area contributed by atoms with Crippen LogP contribution in [0.2, 0.25) is 0 Å². The van der Waals surface area contributed by atoms with Crippen molar-refractivity contribution in [1.29, 1.82) is 0 Å². The third kappa shape index (κ3) is 1.38. The van der Waals surface area contributed by atoms with Gasteiger partial charge in [0.1, 0.15) is 11.1 Å². The molecule has 3 heterocycles. The Labute approximate surface area is 143 Å². The van der Waals surface area contributed by atoms with Crippen molar-refractivity contribution in [3.63, 3.8) is 0 Å². The van der Waals surface area contributed by atoms with Crippen molar-refractivity contribution in [2.24, 2.45) is 23.3 Å². The lowest BCUT2D eigenvalue weighted by Crippen LogP contribution is -2.59. The summed E-state index contributed by atoms with van der Waals surface area (Å²) < 4.78 is 11.0. The minimum Gasteiger partial charge on any atom is -0.449 e. The fourth-order valence-electron chi connectivity index (χ4n) is 6.06. The maximum Gasteiger partial charge on any atom is 0.404 e. The summed E-state index contributed by atoms with van der Waals surface area (Å²) >= 11 is 0. The molecule has 4 fully saturated rings. The van der Waals surface area contributed by atoms with Gasteiger partial charge in [-0.25, -0.2) is 4.79 Å². The third-order valence-corrected chi connectivity index (χ3v) is 7.00. The summed E-state index contributed by atoms with van der Waals surface area (Å²) in [5, 5.41) is 3.38. The van der Waals surface area contributed by atoms with Crippen molar-refractivity contribution in [2.75, 3.05) is 20.3 Å². The van der Waals surface area contributed by atoms with E-state index in [0.29, 0.717) is 12.1 Å². The van der Waals surface area contributed by atoms with Gasteiger partial charge in [0.05, 0.1) is 30.3 Å². The van der Waals surface area contributed by atoms with E-state index in [9.17, 15) is 14.4 Å². The standard InChI is InChI=1S/C16H20N4O5/c1-5-9(17)10(21)8-6(4-25-14(18)23)16(24-2)11-7(19-11)3-20-13(16)15(8,20)12(5)22/h6-8,11,13,19H,3-4,17H2,1-2H3,(H2,18,23)/t6-,7+,8+,11+,13?,15+,16-,20?/m1/s1. The number of hydrogen-bond acceptors (Lipinski definition) is 8. The van der Waals surface area contributed by atoms with Gasteiger partial charge in [0.25, 0.3) is 0 Å². The average Bonchev–Trinajstić information content (AvgIpc) is 3.47. The zero-order chi connectivity index (χ0) is 17.9. The summed E-state index contributed by atoms with van der Waals surface area (Å²) in [6.07, 6.45) is -0.914. The zero-order valence-electron chi connectivity index (χ0n) is 13.9. The highest BCUT2D eigenvalue weighted by Gasteiger charge is 2.92. The molecule has 9 nitrogen and oxygen atoms in total. The molecule has 8 atom stereocenters. The van der Waals surface area contributed by atoms with Crippen molar-refractivity contribution < 1.29 is 23.9 Å². The number of ether oxygens (including phenoxy) is 2. The molecule has 1 spiro atoms. The quantitative estimate of drug-likeness (QED) is 0.490. The molecule has 5 aliphatic rings. The fourth-order valence-corrected chi connectivity index (χ4v) is 6.06. The van der Waals surface area contributed by atoms with E-state index in [1.165, 1.54) is 0 Å². The van der Waals surface area contributed by atoms with Gasteiger partial charge in [-0.2, -0.15) is 0 Å². The molecule has 3 aliphatic heterocycles. The van der Waals surface area contributed by atoms with Gasteiger partial charge in [-0.1, -0.05) is 0 Å². The van der Waals surface area contributed by atoms with Crippen LogP contribution in [0.1, 0.15) is 6.92 Å². The Balaban J connectivity index is 1.68. The zero-order valence-corrected chi connectivity index (χ0v) is 13.9. The van der Waals surface area contributed by atoms with Crippen molar-refractivity contribution in [3.8, 4) is 0 Å². The number of piperidine rings is 2. The number of nitrogens with one attached hydrogen (secondary N) is 1. The van der Waals surface area contributed by atoms with E-state index in [2.05, 4.69) is 10.2 Å². The molecule has 0 radical (unpaired) electrons. The number of primary amides is 1. The van der Waals surface area contributed by atoms with Crippen LogP contribution in [-0.4, -0.2) is 72.1 Å². The van der Waals surface area contributed by atoms with Gasteiger partial charge in [-0.05, 0) is 6.92 Å². The SMILES string of the molecule is CO[C@@]12C3N(C[C@@H]4N[C@@H]41)[C@@]31C(=O)C(C)=C(N)C(=O)[C@@H]1[C@H]2COC(N)=O. The van der Waals surface area contributed by atoms with Gasteiger partial charge < -0.3 is 26.3 Å². The molecule has 1 amide bonds. The van der Waals surface area contributed by atoms with Crippen molar-refractivity contribution in [2.45, 2.75) is 36.2 Å². The summed E-state index contributed by atoms with van der Waals surface area (Å²) in [4.78, 5) is 39.5. The van der Waals surface area contributed by atoms with Gasteiger partial charge in [-0.3, -0.25) is 14.5 Å². The molecule has 134 valence electrons. The largest absolute Gasteiger partial charge is 0.449 e. The second-order valence-corrected chi connectivity index (χ2v) is 7.64. The van der Waals surface area contributed by atoms with Crippen molar-refractivity contribution >= 4 is 17.7 Å². The molecule has 2 unspecified atom stereocenters. The van der Waals surface area contributed by atoms with Crippen LogP contribution in [0.5, 0.6) is 0 Å². The van der Waals surface area contributed by atoms with E-state index >= 15 is 0 Å². The number of carbonyl (C=O) groups excluding carboxylic acids is 3. The van der Waals surface area contributed by atoms with Crippen LogP contribution in [0, 0.1) is 11.8 Å². The summed E-state index contributed by atoms with van der Waals surface area (Å²) in [7, 11) is 1.58. The topological polar surface area (TPSA) is 147 Å². The third-order valence-electron chi connectivity index (χ3n) is 7.00. The van der Waals surface area contributed by atoms with E-state index in [-0.39, 0.29) is 42.0 Å². The van der Waals surface area contributed by atoms with E-state index in [0.717, 1.165) is 0 Å². The molecule has 25 heavy (non-hydrogen) atoms. The monoisotopic (exact) mass is 348 g/mol. The van der Waals surface area contributed by atoms with Gasteiger partial charge >= 0.3 is 6.09 Å². The van der Waals surface area contributed by atoms with Crippen LogP contribution in [0.4, 0.5) is 4.79 Å². The van der Waals surface area contributed by atoms with Gasteiger partial charge in [0.2, 0.25) is 0 Å². The number of hydrogen-bond donors (Lipinski definition) is 3. The predicted molar refractivity (Wildman–Crippen MR) is 83.1 cm³/mol. The molecule has 3 saturated heterocycles. The predicted octanol–water partition coefficient (Wildman–Crippen LogP) is -2.13.